The van der Waals surface area contributed by atoms with Crippen LogP contribution in [0.1, 0.15) is 0 Å². The average Bonchev–Trinajstić information content (AvgIpc) is 2.86. The predicted molar refractivity (Wildman–Crippen MR) is 140 cm³/mol. The molecule has 12 heteroatoms. The van der Waals surface area contributed by atoms with E-state index in [1.54, 1.807) is 18.2 Å². The Morgan fingerprint density at radius 2 is 1.83 bits per heavy atom. The molecular weight excluding hydrogens is 505 g/mol. The van der Waals surface area contributed by atoms with Gasteiger partial charge in [-0.2, -0.15) is 9.97 Å². The van der Waals surface area contributed by atoms with Crippen molar-refractivity contribution in [2.24, 2.45) is 0 Å². The van der Waals surface area contributed by atoms with Crippen molar-refractivity contribution in [1.82, 2.24) is 24.4 Å². The molecular formula is C24H23Cl2N7O3. The molecule has 0 unspecified atom stereocenters. The monoisotopic (exact) mass is 527 g/mol. The highest BCUT2D eigenvalue weighted by molar-refractivity contribution is 6.37. The van der Waals surface area contributed by atoms with Crippen molar-refractivity contribution in [2.45, 2.75) is 0 Å². The number of morpholine rings is 1. The molecule has 1 aliphatic rings. The van der Waals surface area contributed by atoms with Gasteiger partial charge in [-0.1, -0.05) is 35.3 Å². The summed E-state index contributed by atoms with van der Waals surface area (Å²) in [5.74, 6) is 1.06. The number of nitrogen functional groups attached to an aromatic ring is 1. The third-order valence-corrected chi connectivity index (χ3v) is 6.32. The van der Waals surface area contributed by atoms with Gasteiger partial charge in [0.2, 0.25) is 5.95 Å². The minimum absolute atomic E-state index is 0.0854. The summed E-state index contributed by atoms with van der Waals surface area (Å²) in [5, 5.41) is 4.04. The van der Waals surface area contributed by atoms with Crippen molar-refractivity contribution in [1.29, 1.82) is 0 Å². The third-order valence-electron chi connectivity index (χ3n) is 5.71. The number of fused-ring (bicyclic) bond motifs is 1. The number of benzene rings is 2. The number of nitrogens with two attached hydrogens (primary N) is 1. The molecule has 1 fully saturated rings. The first-order chi connectivity index (χ1) is 17.5. The quantitative estimate of drug-likeness (QED) is 0.371. The second-order valence-corrected chi connectivity index (χ2v) is 8.89. The van der Waals surface area contributed by atoms with Gasteiger partial charge in [0.25, 0.3) is 0 Å². The van der Waals surface area contributed by atoms with Gasteiger partial charge in [0, 0.05) is 37.6 Å². The normalized spacial score (nSPS) is 14.2. The van der Waals surface area contributed by atoms with Gasteiger partial charge in [0.1, 0.15) is 18.2 Å². The van der Waals surface area contributed by atoms with Crippen LogP contribution >= 0.6 is 23.2 Å². The molecule has 0 saturated carbocycles. The first-order valence-electron chi connectivity index (χ1n) is 11.3. The molecule has 5 rings (SSSR count). The maximum Gasteiger partial charge on any atom is 0.355 e. The molecule has 10 nitrogen and oxygen atoms in total. The van der Waals surface area contributed by atoms with E-state index in [0.29, 0.717) is 12.0 Å². The predicted octanol–water partition coefficient (Wildman–Crippen LogP) is 3.52. The topological polar surface area (TPSA) is 120 Å². The third kappa shape index (κ3) is 5.21. The van der Waals surface area contributed by atoms with Crippen LogP contribution in [0.5, 0.6) is 5.75 Å². The molecule has 36 heavy (non-hydrogen) atoms. The highest BCUT2D eigenvalue weighted by Gasteiger charge is 2.17. The summed E-state index contributed by atoms with van der Waals surface area (Å²) < 4.78 is 12.4. The van der Waals surface area contributed by atoms with Gasteiger partial charge in [0.05, 0.1) is 34.3 Å². The Hall–Kier alpha value is -3.44. The summed E-state index contributed by atoms with van der Waals surface area (Å²) in [7, 11) is 0. The zero-order chi connectivity index (χ0) is 25.1. The fourth-order valence-corrected chi connectivity index (χ4v) is 4.46. The number of nitrogens with zero attached hydrogens (tertiary/aromatic N) is 5. The lowest BCUT2D eigenvalue weighted by atomic mass is 10.3. The number of nitrogens with one attached hydrogen (secondary N) is 1. The molecule has 0 amide bonds. The van der Waals surface area contributed by atoms with Crippen LogP contribution in [-0.4, -0.2) is 63.9 Å². The number of rotatable bonds is 7. The number of para-hydroxylation sites is 1. The number of ether oxygens (including phenoxy) is 2. The van der Waals surface area contributed by atoms with Gasteiger partial charge >= 0.3 is 5.69 Å². The maximum absolute atomic E-state index is 12.8. The molecule has 0 bridgehead atoms. The van der Waals surface area contributed by atoms with Crippen LogP contribution < -0.4 is 21.5 Å². The average molecular weight is 528 g/mol. The highest BCUT2D eigenvalue weighted by Crippen LogP contribution is 2.30. The Balaban J connectivity index is 1.34. The van der Waals surface area contributed by atoms with Crippen LogP contribution in [0.2, 0.25) is 10.0 Å². The molecule has 3 N–H and O–H groups in total. The summed E-state index contributed by atoms with van der Waals surface area (Å²) in [6.45, 7) is 4.75. The van der Waals surface area contributed by atoms with E-state index in [1.807, 2.05) is 24.3 Å². The number of anilines is 3. The SMILES string of the molecule is Nc1c2cnc(Nc3cccc(OCCN4CCOCC4)c3)nc2nc(=O)n1-c1c(Cl)cccc1Cl. The fraction of sp³-hybridized carbons (Fsp3) is 0.250. The summed E-state index contributed by atoms with van der Waals surface area (Å²) in [6.07, 6.45) is 1.50. The standard InChI is InChI=1S/C24H23Cl2N7O3/c25-18-5-2-6-19(26)20(18)33-21(27)17-14-28-23(30-22(17)31-24(33)34)29-15-3-1-4-16(13-15)36-12-9-32-7-10-35-11-8-32/h1-6,13-14H,7-12,27H2,(H,29,30,31,34). The van der Waals surface area contributed by atoms with Crippen molar-refractivity contribution in [3.8, 4) is 11.4 Å². The second kappa shape index (κ2) is 10.7. The van der Waals surface area contributed by atoms with Crippen LogP contribution in [0.25, 0.3) is 16.7 Å². The van der Waals surface area contributed by atoms with Crippen molar-refractivity contribution < 1.29 is 9.47 Å². The number of hydrogen-bond acceptors (Lipinski definition) is 9. The fourth-order valence-electron chi connectivity index (χ4n) is 3.89. The molecule has 3 heterocycles. The van der Waals surface area contributed by atoms with E-state index in [4.69, 9.17) is 38.4 Å². The molecule has 1 saturated heterocycles. The molecule has 0 atom stereocenters. The van der Waals surface area contributed by atoms with Crippen LogP contribution in [0.4, 0.5) is 17.5 Å². The van der Waals surface area contributed by atoms with Gasteiger partial charge in [-0.3, -0.25) is 4.90 Å². The number of halogens is 2. The Kier molecular flexibility index (Phi) is 7.19. The van der Waals surface area contributed by atoms with E-state index in [9.17, 15) is 4.79 Å². The summed E-state index contributed by atoms with van der Waals surface area (Å²) in [6, 6.07) is 12.4. The maximum atomic E-state index is 12.8. The smallest absolute Gasteiger partial charge is 0.355 e. The molecule has 186 valence electrons. The second-order valence-electron chi connectivity index (χ2n) is 8.07. The molecule has 1 aliphatic heterocycles. The summed E-state index contributed by atoms with van der Waals surface area (Å²) in [4.78, 5) is 27.9. The number of aromatic nitrogens is 4. The molecule has 0 radical (unpaired) electrons. The van der Waals surface area contributed by atoms with Crippen LogP contribution in [0.3, 0.4) is 0 Å². The molecule has 0 spiro atoms. The van der Waals surface area contributed by atoms with E-state index >= 15 is 0 Å². The largest absolute Gasteiger partial charge is 0.492 e. The summed E-state index contributed by atoms with van der Waals surface area (Å²) in [5.41, 5.74) is 6.76. The minimum atomic E-state index is -0.657. The Morgan fingerprint density at radius 1 is 1.08 bits per heavy atom. The van der Waals surface area contributed by atoms with E-state index in [-0.39, 0.29) is 33.1 Å². The lowest BCUT2D eigenvalue weighted by molar-refractivity contribution is 0.0322. The highest BCUT2D eigenvalue weighted by atomic mass is 35.5. The van der Waals surface area contributed by atoms with Gasteiger partial charge in [0.15, 0.2) is 5.65 Å². The molecule has 4 aromatic rings. The van der Waals surface area contributed by atoms with E-state index in [1.165, 1.54) is 6.20 Å². The first-order valence-corrected chi connectivity index (χ1v) is 12.0. The van der Waals surface area contributed by atoms with Crippen LogP contribution in [0, 0.1) is 0 Å². The Bertz CT molecular complexity index is 1440. The van der Waals surface area contributed by atoms with E-state index in [0.717, 1.165) is 48.9 Å². The van der Waals surface area contributed by atoms with Crippen molar-refractivity contribution in [3.05, 3.63) is 69.2 Å². The van der Waals surface area contributed by atoms with Crippen molar-refractivity contribution in [2.75, 3.05) is 50.5 Å². The number of hydrogen-bond donors (Lipinski definition) is 2. The zero-order valence-corrected chi connectivity index (χ0v) is 20.7. The van der Waals surface area contributed by atoms with Crippen molar-refractivity contribution in [3.63, 3.8) is 0 Å². The van der Waals surface area contributed by atoms with Gasteiger partial charge in [-0.05, 0) is 24.3 Å². The van der Waals surface area contributed by atoms with Crippen LogP contribution in [0.15, 0.2) is 53.5 Å². The minimum Gasteiger partial charge on any atom is -0.492 e. The van der Waals surface area contributed by atoms with Crippen molar-refractivity contribution >= 4 is 51.7 Å². The molecule has 2 aromatic carbocycles. The molecule has 0 aliphatic carbocycles. The van der Waals surface area contributed by atoms with E-state index < -0.39 is 5.69 Å². The Labute approximate surface area is 216 Å². The lowest BCUT2D eigenvalue weighted by Gasteiger charge is -2.26. The zero-order valence-electron chi connectivity index (χ0n) is 19.2. The van der Waals surface area contributed by atoms with Gasteiger partial charge < -0.3 is 20.5 Å². The van der Waals surface area contributed by atoms with Gasteiger partial charge in [-0.15, -0.1) is 0 Å². The lowest BCUT2D eigenvalue weighted by Crippen LogP contribution is -2.38. The van der Waals surface area contributed by atoms with E-state index in [2.05, 4.69) is 25.2 Å². The van der Waals surface area contributed by atoms with Gasteiger partial charge in [-0.25, -0.2) is 14.3 Å². The van der Waals surface area contributed by atoms with Crippen LogP contribution in [-0.2, 0) is 4.74 Å². The Morgan fingerprint density at radius 3 is 2.61 bits per heavy atom. The summed E-state index contributed by atoms with van der Waals surface area (Å²) >= 11 is 12.5. The first kappa shape index (κ1) is 24.3. The molecule has 2 aromatic heterocycles.